The second-order valence-electron chi connectivity index (χ2n) is 6.27. The maximum Gasteiger partial charge on any atom is 0.253 e. The molecule has 2 aromatic rings. The summed E-state index contributed by atoms with van der Waals surface area (Å²) in [5.74, 6) is 0.123. The molecule has 1 atom stereocenters. The van der Waals surface area contributed by atoms with E-state index in [1.165, 1.54) is 6.42 Å². The molecule has 1 aromatic heterocycles. The Bertz CT molecular complexity index is 673. The number of hydrogen-bond acceptors (Lipinski definition) is 3. The molecular formula is C16H19N3O2. The summed E-state index contributed by atoms with van der Waals surface area (Å²) in [6.45, 7) is 3.31. The number of fused-ring (bicyclic) bond motifs is 1. The third-order valence-electron chi connectivity index (χ3n) is 4.80. The lowest BCUT2D eigenvalue weighted by Crippen LogP contribution is -2.46. The second kappa shape index (κ2) is 4.84. The van der Waals surface area contributed by atoms with Crippen LogP contribution in [0.25, 0.3) is 11.0 Å². The smallest absolute Gasteiger partial charge is 0.253 e. The number of carbonyl (C=O) groups excluding carboxylic acids is 1. The minimum Gasteiger partial charge on any atom is -0.381 e. The Morgan fingerprint density at radius 1 is 1.38 bits per heavy atom. The first-order valence-corrected chi connectivity index (χ1v) is 7.56. The Morgan fingerprint density at radius 2 is 2.33 bits per heavy atom. The number of carbonyl (C=O) groups is 1. The number of H-pyrrole nitrogens is 1. The summed E-state index contributed by atoms with van der Waals surface area (Å²) in [6.07, 6.45) is 4.98. The molecule has 5 nitrogen and oxygen atoms in total. The molecular weight excluding hydrogens is 266 g/mol. The number of aromatic nitrogens is 2. The van der Waals surface area contributed by atoms with Crippen LogP contribution >= 0.6 is 0 Å². The van der Waals surface area contributed by atoms with Crippen LogP contribution in [0.4, 0.5) is 0 Å². The fourth-order valence-electron chi connectivity index (χ4n) is 3.60. The van der Waals surface area contributed by atoms with Crippen molar-refractivity contribution in [3.63, 3.8) is 0 Å². The molecule has 0 radical (unpaired) electrons. The Balaban J connectivity index is 1.58. The molecule has 2 saturated heterocycles. The zero-order valence-corrected chi connectivity index (χ0v) is 12.0. The number of ether oxygens (including phenoxy) is 1. The van der Waals surface area contributed by atoms with Crippen molar-refractivity contribution in [2.24, 2.45) is 5.41 Å². The Labute approximate surface area is 123 Å². The number of hydrogen-bond donors (Lipinski definition) is 1. The number of likely N-dealkylation sites (tertiary alicyclic amines) is 1. The molecule has 1 spiro atoms. The van der Waals surface area contributed by atoms with Crippen molar-refractivity contribution >= 4 is 16.9 Å². The minimum absolute atomic E-state index is 0.123. The highest BCUT2D eigenvalue weighted by atomic mass is 16.5. The number of imidazole rings is 1. The van der Waals surface area contributed by atoms with Gasteiger partial charge in [0.25, 0.3) is 5.91 Å². The summed E-state index contributed by atoms with van der Waals surface area (Å²) >= 11 is 0. The summed E-state index contributed by atoms with van der Waals surface area (Å²) in [5.41, 5.74) is 2.75. The van der Waals surface area contributed by atoms with Crippen molar-refractivity contribution in [2.75, 3.05) is 26.3 Å². The number of nitrogens with one attached hydrogen (secondary N) is 1. The fourth-order valence-corrected chi connectivity index (χ4v) is 3.60. The van der Waals surface area contributed by atoms with E-state index in [1.54, 1.807) is 6.33 Å². The topological polar surface area (TPSA) is 58.2 Å². The summed E-state index contributed by atoms with van der Waals surface area (Å²) in [4.78, 5) is 22.0. The molecule has 1 amide bonds. The molecule has 4 rings (SSSR count). The van der Waals surface area contributed by atoms with Crippen molar-refractivity contribution < 1.29 is 9.53 Å². The van der Waals surface area contributed by atoms with Gasteiger partial charge in [-0.1, -0.05) is 0 Å². The summed E-state index contributed by atoms with van der Waals surface area (Å²) < 4.78 is 5.57. The molecule has 3 heterocycles. The van der Waals surface area contributed by atoms with E-state index in [1.807, 2.05) is 23.1 Å². The molecule has 1 N–H and O–H groups in total. The first-order chi connectivity index (χ1) is 10.3. The van der Waals surface area contributed by atoms with E-state index in [-0.39, 0.29) is 11.3 Å². The van der Waals surface area contributed by atoms with Crippen LogP contribution in [-0.4, -0.2) is 47.1 Å². The van der Waals surface area contributed by atoms with Crippen molar-refractivity contribution in [3.05, 3.63) is 30.1 Å². The van der Waals surface area contributed by atoms with Crippen LogP contribution in [0.5, 0.6) is 0 Å². The van der Waals surface area contributed by atoms with Crippen LogP contribution in [0.2, 0.25) is 0 Å². The van der Waals surface area contributed by atoms with Gasteiger partial charge in [0.2, 0.25) is 0 Å². The highest BCUT2D eigenvalue weighted by molar-refractivity contribution is 5.97. The highest BCUT2D eigenvalue weighted by Gasteiger charge is 2.40. The number of rotatable bonds is 1. The molecule has 1 aromatic carbocycles. The van der Waals surface area contributed by atoms with Crippen LogP contribution in [0.3, 0.4) is 0 Å². The summed E-state index contributed by atoms with van der Waals surface area (Å²) in [6, 6.07) is 5.67. The van der Waals surface area contributed by atoms with Crippen LogP contribution in [0.15, 0.2) is 24.5 Å². The van der Waals surface area contributed by atoms with E-state index in [4.69, 9.17) is 4.74 Å². The van der Waals surface area contributed by atoms with Gasteiger partial charge in [-0.05, 0) is 37.5 Å². The van der Waals surface area contributed by atoms with E-state index in [2.05, 4.69) is 9.97 Å². The summed E-state index contributed by atoms with van der Waals surface area (Å²) in [5, 5.41) is 0. The molecule has 2 aliphatic rings. The summed E-state index contributed by atoms with van der Waals surface area (Å²) in [7, 11) is 0. The van der Waals surface area contributed by atoms with Crippen molar-refractivity contribution in [1.29, 1.82) is 0 Å². The van der Waals surface area contributed by atoms with Gasteiger partial charge in [-0.25, -0.2) is 4.98 Å². The van der Waals surface area contributed by atoms with Crippen molar-refractivity contribution in [2.45, 2.75) is 19.3 Å². The largest absolute Gasteiger partial charge is 0.381 e. The number of aromatic amines is 1. The van der Waals surface area contributed by atoms with Crippen LogP contribution < -0.4 is 0 Å². The maximum absolute atomic E-state index is 12.8. The average Bonchev–Trinajstić information content (AvgIpc) is 3.15. The molecule has 0 bridgehead atoms. The van der Waals surface area contributed by atoms with Crippen LogP contribution in [-0.2, 0) is 4.74 Å². The van der Waals surface area contributed by atoms with Crippen molar-refractivity contribution in [1.82, 2.24) is 14.9 Å². The van der Waals surface area contributed by atoms with E-state index in [9.17, 15) is 4.79 Å². The zero-order valence-electron chi connectivity index (χ0n) is 12.0. The molecule has 1 unspecified atom stereocenters. The van der Waals surface area contributed by atoms with Gasteiger partial charge < -0.3 is 14.6 Å². The van der Waals surface area contributed by atoms with E-state index in [0.717, 1.165) is 55.7 Å². The minimum atomic E-state index is 0.123. The van der Waals surface area contributed by atoms with E-state index >= 15 is 0 Å². The third-order valence-corrected chi connectivity index (χ3v) is 4.80. The molecule has 110 valence electrons. The van der Waals surface area contributed by atoms with Gasteiger partial charge in [0.05, 0.1) is 24.0 Å². The van der Waals surface area contributed by atoms with Gasteiger partial charge in [-0.15, -0.1) is 0 Å². The molecule has 2 fully saturated rings. The van der Waals surface area contributed by atoms with Gasteiger partial charge in [-0.3, -0.25) is 4.79 Å². The molecule has 2 aliphatic heterocycles. The second-order valence-corrected chi connectivity index (χ2v) is 6.27. The van der Waals surface area contributed by atoms with Crippen LogP contribution in [0.1, 0.15) is 29.6 Å². The number of amides is 1. The lowest BCUT2D eigenvalue weighted by molar-refractivity contribution is 0.0463. The fraction of sp³-hybridized carbons (Fsp3) is 0.500. The molecule has 21 heavy (non-hydrogen) atoms. The predicted octanol–water partition coefficient (Wildman–Crippen LogP) is 2.21. The normalized spacial score (nSPS) is 25.8. The van der Waals surface area contributed by atoms with Gasteiger partial charge in [0.1, 0.15) is 0 Å². The number of nitrogens with zero attached hydrogens (tertiary/aromatic N) is 2. The maximum atomic E-state index is 12.8. The van der Waals surface area contributed by atoms with Gasteiger partial charge >= 0.3 is 0 Å². The molecule has 0 aliphatic carbocycles. The average molecular weight is 285 g/mol. The molecule has 0 saturated carbocycles. The molecule has 5 heteroatoms. The highest BCUT2D eigenvalue weighted by Crippen LogP contribution is 2.38. The Morgan fingerprint density at radius 3 is 3.19 bits per heavy atom. The van der Waals surface area contributed by atoms with Gasteiger partial charge in [0, 0.05) is 30.7 Å². The zero-order chi connectivity index (χ0) is 14.3. The van der Waals surface area contributed by atoms with Crippen molar-refractivity contribution in [3.8, 4) is 0 Å². The van der Waals surface area contributed by atoms with E-state index in [0.29, 0.717) is 0 Å². The number of benzene rings is 1. The Kier molecular flexibility index (Phi) is 2.96. The van der Waals surface area contributed by atoms with Gasteiger partial charge in [-0.2, -0.15) is 0 Å². The SMILES string of the molecule is O=C(c1ccc2nc[nH]c2c1)N1CCCC2(CCOC2)C1. The predicted molar refractivity (Wildman–Crippen MR) is 79.1 cm³/mol. The first kappa shape index (κ1) is 12.8. The number of piperidine rings is 1. The monoisotopic (exact) mass is 285 g/mol. The van der Waals surface area contributed by atoms with E-state index < -0.39 is 0 Å². The lowest BCUT2D eigenvalue weighted by Gasteiger charge is -2.39. The first-order valence-electron chi connectivity index (χ1n) is 7.56. The van der Waals surface area contributed by atoms with Crippen LogP contribution in [0, 0.1) is 5.41 Å². The third kappa shape index (κ3) is 2.21. The Hall–Kier alpha value is -1.88. The standard InChI is InChI=1S/C16H19N3O2/c20-15(12-2-3-13-14(8-12)18-11-17-13)19-6-1-4-16(9-19)5-7-21-10-16/h2-3,8,11H,1,4-7,9-10H2,(H,17,18). The quantitative estimate of drug-likeness (QED) is 0.874. The lowest BCUT2D eigenvalue weighted by atomic mass is 9.79. The van der Waals surface area contributed by atoms with Gasteiger partial charge in [0.15, 0.2) is 0 Å².